The van der Waals surface area contributed by atoms with Crippen molar-refractivity contribution in [3.63, 3.8) is 0 Å². The Morgan fingerprint density at radius 2 is 1.64 bits per heavy atom. The molecule has 33 heavy (non-hydrogen) atoms. The number of nitrogens with zero attached hydrogens (tertiary/aromatic N) is 4. The predicted octanol–water partition coefficient (Wildman–Crippen LogP) is 3.57. The molecule has 174 valence electrons. The zero-order valence-corrected chi connectivity index (χ0v) is 19.9. The van der Waals surface area contributed by atoms with Gasteiger partial charge in [0.1, 0.15) is 21.7 Å². The Hall–Kier alpha value is -3.38. The van der Waals surface area contributed by atoms with Crippen molar-refractivity contribution in [2.24, 2.45) is 0 Å². The Labute approximate surface area is 195 Å². The highest BCUT2D eigenvalue weighted by Crippen LogP contribution is 2.42. The first-order valence-electron chi connectivity index (χ1n) is 10.3. The van der Waals surface area contributed by atoms with Gasteiger partial charge in [-0.05, 0) is 45.0 Å². The van der Waals surface area contributed by atoms with Gasteiger partial charge in [0.15, 0.2) is 11.5 Å². The van der Waals surface area contributed by atoms with E-state index in [2.05, 4.69) is 13.8 Å². The molecule has 2 aromatic carbocycles. The quantitative estimate of drug-likeness (QED) is 0.375. The van der Waals surface area contributed by atoms with E-state index < -0.39 is 10.0 Å². The Morgan fingerprint density at radius 3 is 2.27 bits per heavy atom. The van der Waals surface area contributed by atoms with Gasteiger partial charge in [0, 0.05) is 11.6 Å². The third-order valence-electron chi connectivity index (χ3n) is 4.66. The fraction of sp³-hybridized carbons (Fsp3) is 0.286. The highest BCUT2D eigenvalue weighted by atomic mass is 32.2. The van der Waals surface area contributed by atoms with E-state index in [4.69, 9.17) is 19.9 Å². The maximum Gasteiger partial charge on any atom is 0.287 e. The first-order chi connectivity index (χ1) is 15.9. The molecule has 0 bridgehead atoms. The lowest BCUT2D eigenvalue weighted by Gasteiger charge is -2.16. The molecule has 0 atom stereocenters. The molecule has 0 amide bonds. The van der Waals surface area contributed by atoms with E-state index >= 15 is 0 Å². The Kier molecular flexibility index (Phi) is 6.38. The standard InChI is InChI=1S/C21H23N5O5S2/c1-4-29-16-10-13(11-17(30-5-2)21(16)31-6-3)15-12-19(22)26(23-15)33(27,28)18-9-7-8-14-20(18)25-32-24-14/h7-12H,4-6,22H2,1-3H3. The van der Waals surface area contributed by atoms with Gasteiger partial charge in [-0.1, -0.05) is 6.07 Å². The van der Waals surface area contributed by atoms with Crippen LogP contribution in [0.25, 0.3) is 22.3 Å². The van der Waals surface area contributed by atoms with Crippen molar-refractivity contribution in [3.05, 3.63) is 36.4 Å². The van der Waals surface area contributed by atoms with Crippen LogP contribution in [0.15, 0.2) is 41.3 Å². The topological polar surface area (TPSA) is 131 Å². The minimum Gasteiger partial charge on any atom is -0.490 e. The largest absolute Gasteiger partial charge is 0.490 e. The molecule has 4 rings (SSSR count). The third kappa shape index (κ3) is 4.18. The zero-order chi connectivity index (χ0) is 23.6. The van der Waals surface area contributed by atoms with Crippen LogP contribution in [0.3, 0.4) is 0 Å². The molecule has 0 aliphatic heterocycles. The monoisotopic (exact) mass is 489 g/mol. The number of hydrogen-bond donors (Lipinski definition) is 1. The number of aromatic nitrogens is 4. The fourth-order valence-electron chi connectivity index (χ4n) is 3.33. The van der Waals surface area contributed by atoms with Crippen molar-refractivity contribution < 1.29 is 22.6 Å². The van der Waals surface area contributed by atoms with Crippen LogP contribution in [-0.2, 0) is 10.0 Å². The van der Waals surface area contributed by atoms with Gasteiger partial charge in [-0.15, -0.1) is 4.09 Å². The van der Waals surface area contributed by atoms with Gasteiger partial charge in [-0.25, -0.2) is 0 Å². The van der Waals surface area contributed by atoms with Crippen LogP contribution in [0.4, 0.5) is 5.82 Å². The van der Waals surface area contributed by atoms with Crippen LogP contribution < -0.4 is 19.9 Å². The van der Waals surface area contributed by atoms with Gasteiger partial charge in [0.25, 0.3) is 10.0 Å². The van der Waals surface area contributed by atoms with E-state index in [1.54, 1.807) is 24.3 Å². The summed E-state index contributed by atoms with van der Waals surface area (Å²) in [4.78, 5) is -0.0215. The highest BCUT2D eigenvalue weighted by molar-refractivity contribution is 7.90. The normalized spacial score (nSPS) is 11.6. The number of nitrogen functional groups attached to an aromatic ring is 1. The summed E-state index contributed by atoms with van der Waals surface area (Å²) in [6.45, 7) is 6.82. The van der Waals surface area contributed by atoms with Crippen LogP contribution >= 0.6 is 11.7 Å². The van der Waals surface area contributed by atoms with E-state index in [1.165, 1.54) is 12.1 Å². The minimum absolute atomic E-state index is 0.0215. The number of rotatable bonds is 9. The van der Waals surface area contributed by atoms with Crippen molar-refractivity contribution in [1.29, 1.82) is 0 Å². The van der Waals surface area contributed by atoms with Crippen LogP contribution in [0.1, 0.15) is 20.8 Å². The second-order valence-electron chi connectivity index (χ2n) is 6.79. The van der Waals surface area contributed by atoms with Crippen LogP contribution in [0.2, 0.25) is 0 Å². The van der Waals surface area contributed by atoms with E-state index in [-0.39, 0.29) is 16.2 Å². The Morgan fingerprint density at radius 1 is 0.970 bits per heavy atom. The van der Waals surface area contributed by atoms with Crippen LogP contribution in [0.5, 0.6) is 17.2 Å². The average Bonchev–Trinajstić information content (AvgIpc) is 3.42. The van der Waals surface area contributed by atoms with Crippen LogP contribution in [-0.4, -0.2) is 46.2 Å². The van der Waals surface area contributed by atoms with E-state index in [0.29, 0.717) is 53.8 Å². The van der Waals surface area contributed by atoms with Gasteiger partial charge in [-0.2, -0.15) is 22.3 Å². The van der Waals surface area contributed by atoms with Crippen molar-refractivity contribution in [1.82, 2.24) is 17.9 Å². The maximum atomic E-state index is 13.4. The molecule has 10 nitrogen and oxygen atoms in total. The van der Waals surface area contributed by atoms with E-state index in [0.717, 1.165) is 15.8 Å². The SMILES string of the molecule is CCOc1cc(-c2cc(N)n(S(=O)(=O)c3cccc4nsnc34)n2)cc(OCC)c1OCC. The van der Waals surface area contributed by atoms with Gasteiger partial charge < -0.3 is 19.9 Å². The van der Waals surface area contributed by atoms with Gasteiger partial charge in [0.05, 0.1) is 37.2 Å². The number of nitrogens with two attached hydrogens (primary N) is 1. The zero-order valence-electron chi connectivity index (χ0n) is 18.3. The lowest BCUT2D eigenvalue weighted by atomic mass is 10.1. The lowest BCUT2D eigenvalue weighted by Crippen LogP contribution is -2.17. The summed E-state index contributed by atoms with van der Waals surface area (Å²) in [5.74, 6) is 1.37. The van der Waals surface area contributed by atoms with E-state index in [9.17, 15) is 8.42 Å². The smallest absolute Gasteiger partial charge is 0.287 e. The molecule has 12 heteroatoms. The number of ether oxygens (including phenoxy) is 3. The molecule has 2 heterocycles. The van der Waals surface area contributed by atoms with Crippen molar-refractivity contribution in [2.75, 3.05) is 25.6 Å². The maximum absolute atomic E-state index is 13.4. The molecule has 0 radical (unpaired) electrons. The van der Waals surface area contributed by atoms with Crippen molar-refractivity contribution in [3.8, 4) is 28.5 Å². The molecule has 0 spiro atoms. The van der Waals surface area contributed by atoms with Gasteiger partial charge in [0.2, 0.25) is 5.75 Å². The van der Waals surface area contributed by atoms with E-state index in [1.807, 2.05) is 20.8 Å². The molecule has 0 saturated heterocycles. The van der Waals surface area contributed by atoms with Crippen LogP contribution in [0, 0.1) is 0 Å². The molecule has 0 aliphatic rings. The molecule has 2 aromatic heterocycles. The lowest BCUT2D eigenvalue weighted by molar-refractivity contribution is 0.261. The Bertz CT molecular complexity index is 1370. The fourth-order valence-corrected chi connectivity index (χ4v) is 5.30. The molecule has 2 N–H and O–H groups in total. The van der Waals surface area contributed by atoms with Gasteiger partial charge in [-0.3, -0.25) is 0 Å². The summed E-state index contributed by atoms with van der Waals surface area (Å²) in [7, 11) is -4.11. The second-order valence-corrected chi connectivity index (χ2v) is 9.06. The molecule has 4 aromatic rings. The number of anilines is 1. The number of fused-ring (bicyclic) bond motifs is 1. The second kappa shape index (κ2) is 9.24. The van der Waals surface area contributed by atoms with Gasteiger partial charge >= 0.3 is 0 Å². The predicted molar refractivity (Wildman–Crippen MR) is 126 cm³/mol. The molecule has 0 fully saturated rings. The number of hydrogen-bond acceptors (Lipinski definition) is 10. The third-order valence-corrected chi connectivity index (χ3v) is 6.84. The molecular weight excluding hydrogens is 466 g/mol. The minimum atomic E-state index is -4.11. The first kappa shape index (κ1) is 22.8. The first-order valence-corrected chi connectivity index (χ1v) is 12.5. The summed E-state index contributed by atoms with van der Waals surface area (Å²) in [6, 6.07) is 9.68. The number of benzene rings is 2. The summed E-state index contributed by atoms with van der Waals surface area (Å²) >= 11 is 0.937. The Balaban J connectivity index is 1.83. The summed E-state index contributed by atoms with van der Waals surface area (Å²) < 4.78 is 53.0. The molecule has 0 saturated carbocycles. The summed E-state index contributed by atoms with van der Waals surface area (Å²) in [5.41, 5.74) is 7.76. The molecule has 0 aliphatic carbocycles. The summed E-state index contributed by atoms with van der Waals surface area (Å²) in [5, 5.41) is 4.30. The van der Waals surface area contributed by atoms with Crippen molar-refractivity contribution in [2.45, 2.75) is 25.7 Å². The highest BCUT2D eigenvalue weighted by Gasteiger charge is 2.26. The van der Waals surface area contributed by atoms with Crippen molar-refractivity contribution >= 4 is 38.6 Å². The summed E-state index contributed by atoms with van der Waals surface area (Å²) in [6.07, 6.45) is 0. The molecular formula is C21H23N5O5S2. The molecule has 0 unspecified atom stereocenters. The average molecular weight is 490 g/mol.